The minimum atomic E-state index is -0.481. The molecule has 0 spiro atoms. The van der Waals surface area contributed by atoms with Gasteiger partial charge in [0.05, 0.1) is 51.1 Å². The molecule has 9 heteroatoms. The van der Waals surface area contributed by atoms with E-state index < -0.39 is 4.92 Å². The molecule has 0 fully saturated rings. The van der Waals surface area contributed by atoms with E-state index in [1.807, 2.05) is 0 Å². The highest BCUT2D eigenvalue weighted by atomic mass is 16.6. The topological polar surface area (TPSA) is 115 Å². The van der Waals surface area contributed by atoms with Crippen molar-refractivity contribution in [3.05, 3.63) is 22.5 Å². The SMILES string of the molecule is NCCOCCOCCOCCn1cc([N+](=O)[O-])cn1. The van der Waals surface area contributed by atoms with Gasteiger partial charge >= 0.3 is 5.69 Å². The maximum absolute atomic E-state index is 10.4. The summed E-state index contributed by atoms with van der Waals surface area (Å²) < 4.78 is 17.2. The van der Waals surface area contributed by atoms with Crippen LogP contribution in [0.4, 0.5) is 5.69 Å². The van der Waals surface area contributed by atoms with Crippen molar-refractivity contribution in [2.45, 2.75) is 6.54 Å². The average Bonchev–Trinajstić information content (AvgIpc) is 2.90. The molecular weight excluding hydrogens is 268 g/mol. The van der Waals surface area contributed by atoms with Crippen molar-refractivity contribution in [3.63, 3.8) is 0 Å². The third kappa shape index (κ3) is 7.14. The van der Waals surface area contributed by atoms with E-state index in [2.05, 4.69) is 5.10 Å². The van der Waals surface area contributed by atoms with Crippen LogP contribution >= 0.6 is 0 Å². The van der Waals surface area contributed by atoms with E-state index in [1.165, 1.54) is 17.1 Å². The fourth-order valence-electron chi connectivity index (χ4n) is 1.35. The molecule has 1 aromatic heterocycles. The highest BCUT2D eigenvalue weighted by Crippen LogP contribution is 2.07. The Kier molecular flexibility index (Phi) is 8.47. The molecule has 0 atom stereocenters. The summed E-state index contributed by atoms with van der Waals surface area (Å²) in [6, 6.07) is 0. The number of nitrogens with zero attached hydrogens (tertiary/aromatic N) is 3. The van der Waals surface area contributed by atoms with Crippen molar-refractivity contribution in [2.75, 3.05) is 46.2 Å². The van der Waals surface area contributed by atoms with Crippen LogP contribution in [0.25, 0.3) is 0 Å². The normalized spacial score (nSPS) is 10.8. The Balaban J connectivity index is 1.93. The minimum Gasteiger partial charge on any atom is -0.378 e. The van der Waals surface area contributed by atoms with E-state index in [0.717, 1.165) is 0 Å². The Morgan fingerprint density at radius 2 is 1.75 bits per heavy atom. The molecular formula is C11H20N4O5. The quantitative estimate of drug-likeness (QED) is 0.322. The number of aromatic nitrogens is 2. The standard InChI is InChI=1S/C11H20N4O5/c12-1-3-18-5-7-20-8-6-19-4-2-14-10-11(9-13-14)15(16)17/h9-10H,1-8,12H2. The summed E-state index contributed by atoms with van der Waals surface area (Å²) in [4.78, 5) is 9.96. The fourth-order valence-corrected chi connectivity index (χ4v) is 1.35. The predicted octanol–water partition coefficient (Wildman–Crippen LogP) is -0.200. The molecule has 114 valence electrons. The Morgan fingerprint density at radius 1 is 1.15 bits per heavy atom. The Bertz CT molecular complexity index is 385. The van der Waals surface area contributed by atoms with Crippen LogP contribution in [-0.2, 0) is 20.8 Å². The zero-order valence-electron chi connectivity index (χ0n) is 11.3. The number of hydrogen-bond donors (Lipinski definition) is 1. The lowest BCUT2D eigenvalue weighted by molar-refractivity contribution is -0.385. The van der Waals surface area contributed by atoms with Crippen molar-refractivity contribution in [1.82, 2.24) is 9.78 Å². The molecule has 0 radical (unpaired) electrons. The first-order valence-electron chi connectivity index (χ1n) is 6.34. The van der Waals surface area contributed by atoms with Crippen molar-refractivity contribution in [3.8, 4) is 0 Å². The molecule has 0 saturated carbocycles. The van der Waals surface area contributed by atoms with Gasteiger partial charge in [-0.15, -0.1) is 0 Å². The van der Waals surface area contributed by atoms with Gasteiger partial charge in [-0.25, -0.2) is 0 Å². The first-order chi connectivity index (χ1) is 9.74. The van der Waals surface area contributed by atoms with Crippen LogP contribution < -0.4 is 5.73 Å². The number of ether oxygens (including phenoxy) is 3. The van der Waals surface area contributed by atoms with Gasteiger partial charge in [0.1, 0.15) is 12.4 Å². The van der Waals surface area contributed by atoms with Crippen LogP contribution in [0.15, 0.2) is 12.4 Å². The van der Waals surface area contributed by atoms with Gasteiger partial charge in [-0.1, -0.05) is 0 Å². The van der Waals surface area contributed by atoms with Crippen LogP contribution in [0, 0.1) is 10.1 Å². The third-order valence-electron chi connectivity index (χ3n) is 2.30. The summed E-state index contributed by atoms with van der Waals surface area (Å²) >= 11 is 0. The van der Waals surface area contributed by atoms with Crippen molar-refractivity contribution in [1.29, 1.82) is 0 Å². The second-order valence-electron chi connectivity index (χ2n) is 3.84. The van der Waals surface area contributed by atoms with Gasteiger partial charge in [0, 0.05) is 6.54 Å². The van der Waals surface area contributed by atoms with E-state index in [-0.39, 0.29) is 5.69 Å². The van der Waals surface area contributed by atoms with Crippen LogP contribution in [0.3, 0.4) is 0 Å². The lowest BCUT2D eigenvalue weighted by atomic mass is 10.6. The number of hydrogen-bond acceptors (Lipinski definition) is 7. The highest BCUT2D eigenvalue weighted by molar-refractivity contribution is 5.20. The van der Waals surface area contributed by atoms with Crippen LogP contribution in [0.5, 0.6) is 0 Å². The van der Waals surface area contributed by atoms with Gasteiger partial charge in [0.25, 0.3) is 0 Å². The van der Waals surface area contributed by atoms with Gasteiger partial charge in [-0.2, -0.15) is 5.10 Å². The largest absolute Gasteiger partial charge is 0.378 e. The molecule has 0 amide bonds. The molecule has 2 N–H and O–H groups in total. The van der Waals surface area contributed by atoms with E-state index >= 15 is 0 Å². The minimum absolute atomic E-state index is 0.0224. The summed E-state index contributed by atoms with van der Waals surface area (Å²) in [5.41, 5.74) is 5.24. The Hall–Kier alpha value is -1.55. The van der Waals surface area contributed by atoms with Gasteiger partial charge in [0.2, 0.25) is 0 Å². The summed E-state index contributed by atoms with van der Waals surface area (Å²) in [5.74, 6) is 0. The molecule has 0 bridgehead atoms. The average molecular weight is 288 g/mol. The molecule has 0 aromatic carbocycles. The number of nitrogens with two attached hydrogens (primary N) is 1. The molecule has 1 aromatic rings. The van der Waals surface area contributed by atoms with Crippen molar-refractivity contribution >= 4 is 5.69 Å². The third-order valence-corrected chi connectivity index (χ3v) is 2.30. The molecule has 20 heavy (non-hydrogen) atoms. The smallest absolute Gasteiger partial charge is 0.306 e. The lowest BCUT2D eigenvalue weighted by Gasteiger charge is -2.06. The lowest BCUT2D eigenvalue weighted by Crippen LogP contribution is -2.14. The maximum atomic E-state index is 10.4. The molecule has 0 unspecified atom stereocenters. The second kappa shape index (κ2) is 10.3. The summed E-state index contributed by atoms with van der Waals surface area (Å²) in [6.07, 6.45) is 2.58. The Morgan fingerprint density at radius 3 is 2.30 bits per heavy atom. The predicted molar refractivity (Wildman–Crippen MR) is 70.4 cm³/mol. The van der Waals surface area contributed by atoms with E-state index in [1.54, 1.807) is 0 Å². The van der Waals surface area contributed by atoms with E-state index in [0.29, 0.717) is 52.7 Å². The molecule has 1 rings (SSSR count). The van der Waals surface area contributed by atoms with E-state index in [9.17, 15) is 10.1 Å². The first kappa shape index (κ1) is 16.5. The number of rotatable bonds is 12. The molecule has 0 saturated heterocycles. The molecule has 9 nitrogen and oxygen atoms in total. The van der Waals surface area contributed by atoms with Gasteiger partial charge in [-0.3, -0.25) is 14.8 Å². The monoisotopic (exact) mass is 288 g/mol. The van der Waals surface area contributed by atoms with Gasteiger partial charge in [-0.05, 0) is 0 Å². The first-order valence-corrected chi connectivity index (χ1v) is 6.34. The zero-order chi connectivity index (χ0) is 14.6. The van der Waals surface area contributed by atoms with Gasteiger partial charge in [0.15, 0.2) is 0 Å². The zero-order valence-corrected chi connectivity index (χ0v) is 11.3. The molecule has 0 aliphatic rings. The van der Waals surface area contributed by atoms with Crippen LogP contribution in [0.2, 0.25) is 0 Å². The summed E-state index contributed by atoms with van der Waals surface area (Å²) in [6.45, 7) is 3.90. The molecule has 0 aliphatic heterocycles. The summed E-state index contributed by atoms with van der Waals surface area (Å²) in [5, 5.41) is 14.3. The van der Waals surface area contributed by atoms with Crippen molar-refractivity contribution in [2.24, 2.45) is 5.73 Å². The molecule has 1 heterocycles. The highest BCUT2D eigenvalue weighted by Gasteiger charge is 2.07. The van der Waals surface area contributed by atoms with Crippen molar-refractivity contribution < 1.29 is 19.1 Å². The van der Waals surface area contributed by atoms with Gasteiger partial charge < -0.3 is 19.9 Å². The van der Waals surface area contributed by atoms with Crippen LogP contribution in [0.1, 0.15) is 0 Å². The number of nitro groups is 1. The molecule has 0 aliphatic carbocycles. The van der Waals surface area contributed by atoms with Crippen LogP contribution in [-0.4, -0.2) is 60.9 Å². The fraction of sp³-hybridized carbons (Fsp3) is 0.727. The Labute approximate surface area is 116 Å². The van der Waals surface area contributed by atoms with E-state index in [4.69, 9.17) is 19.9 Å². The summed E-state index contributed by atoms with van der Waals surface area (Å²) in [7, 11) is 0. The maximum Gasteiger partial charge on any atom is 0.306 e. The second-order valence-corrected chi connectivity index (χ2v) is 3.84.